The number of H-pyrrole nitrogens is 1. The van der Waals surface area contributed by atoms with E-state index in [9.17, 15) is 8.42 Å². The first-order chi connectivity index (χ1) is 7.75. The number of imidazole rings is 1. The van der Waals surface area contributed by atoms with Gasteiger partial charge in [-0.05, 0) is 20.8 Å². The number of hydrogen-bond acceptors (Lipinski definition) is 4. The first-order valence-electron chi connectivity index (χ1n) is 5.77. The monoisotopic (exact) mass is 257 g/mol. The van der Waals surface area contributed by atoms with E-state index in [1.54, 1.807) is 0 Å². The maximum atomic E-state index is 11.5. The van der Waals surface area contributed by atoms with E-state index in [0.29, 0.717) is 13.0 Å². The Morgan fingerprint density at radius 1 is 1.41 bits per heavy atom. The lowest BCUT2D eigenvalue weighted by Gasteiger charge is -2.19. The Kier molecular flexibility index (Phi) is 3.03. The van der Waals surface area contributed by atoms with E-state index in [1.807, 2.05) is 0 Å². The molecule has 0 fully saturated rings. The van der Waals surface area contributed by atoms with Crippen LogP contribution in [0.3, 0.4) is 0 Å². The van der Waals surface area contributed by atoms with Gasteiger partial charge in [0.05, 0.1) is 29.4 Å². The second kappa shape index (κ2) is 4.10. The number of hydrogen-bond donors (Lipinski definition) is 2. The van der Waals surface area contributed by atoms with E-state index < -0.39 is 9.84 Å². The van der Waals surface area contributed by atoms with Crippen LogP contribution in [0.25, 0.3) is 0 Å². The molecule has 1 aromatic rings. The number of aryl methyl sites for hydroxylation is 1. The van der Waals surface area contributed by atoms with Gasteiger partial charge in [0, 0.05) is 12.0 Å². The summed E-state index contributed by atoms with van der Waals surface area (Å²) in [6.07, 6.45) is 0.531. The standard InChI is InChI=1S/C11H19N3O2S/c1-11(2,3)12-6-10-13-8-4-5-17(15,16)7-9(8)14-10/h12H,4-7H2,1-3H3,(H,13,14). The number of aromatic nitrogens is 2. The number of nitrogens with one attached hydrogen (secondary N) is 2. The third-order valence-electron chi connectivity index (χ3n) is 2.71. The van der Waals surface area contributed by atoms with Gasteiger partial charge in [-0.15, -0.1) is 0 Å². The van der Waals surface area contributed by atoms with Gasteiger partial charge in [0.2, 0.25) is 0 Å². The lowest BCUT2D eigenvalue weighted by Crippen LogP contribution is -2.35. The van der Waals surface area contributed by atoms with Crippen molar-refractivity contribution < 1.29 is 8.42 Å². The Labute approximate surface area is 102 Å². The van der Waals surface area contributed by atoms with Crippen LogP contribution in [-0.2, 0) is 28.6 Å². The number of sulfone groups is 1. The number of aromatic amines is 1. The molecule has 0 unspecified atom stereocenters. The van der Waals surface area contributed by atoms with Gasteiger partial charge in [-0.3, -0.25) is 0 Å². The molecule has 0 spiro atoms. The van der Waals surface area contributed by atoms with Crippen molar-refractivity contribution in [1.82, 2.24) is 15.3 Å². The fourth-order valence-corrected chi connectivity index (χ4v) is 3.14. The second-order valence-corrected chi connectivity index (χ2v) is 7.74. The molecule has 0 aliphatic carbocycles. The summed E-state index contributed by atoms with van der Waals surface area (Å²) in [5, 5.41) is 3.32. The summed E-state index contributed by atoms with van der Waals surface area (Å²) in [5.74, 6) is 1.14. The van der Waals surface area contributed by atoms with Crippen LogP contribution in [0.1, 0.15) is 38.0 Å². The Bertz CT molecular complexity index is 511. The van der Waals surface area contributed by atoms with E-state index >= 15 is 0 Å². The third kappa shape index (κ3) is 3.29. The molecule has 5 nitrogen and oxygen atoms in total. The van der Waals surface area contributed by atoms with E-state index in [0.717, 1.165) is 17.2 Å². The van der Waals surface area contributed by atoms with Gasteiger partial charge in [-0.1, -0.05) is 0 Å². The van der Waals surface area contributed by atoms with Gasteiger partial charge < -0.3 is 10.3 Å². The topological polar surface area (TPSA) is 74.8 Å². The van der Waals surface area contributed by atoms with Crippen LogP contribution in [-0.4, -0.2) is 29.7 Å². The molecule has 17 heavy (non-hydrogen) atoms. The normalized spacial score (nSPS) is 19.0. The Hall–Kier alpha value is -0.880. The quantitative estimate of drug-likeness (QED) is 0.820. The van der Waals surface area contributed by atoms with Crippen LogP contribution in [0.15, 0.2) is 0 Å². The summed E-state index contributed by atoms with van der Waals surface area (Å²) in [4.78, 5) is 7.55. The van der Waals surface area contributed by atoms with E-state index in [4.69, 9.17) is 0 Å². The van der Waals surface area contributed by atoms with Crippen LogP contribution in [0.4, 0.5) is 0 Å². The molecule has 2 N–H and O–H groups in total. The molecule has 1 aliphatic heterocycles. The van der Waals surface area contributed by atoms with E-state index in [2.05, 4.69) is 36.1 Å². The smallest absolute Gasteiger partial charge is 0.156 e. The zero-order valence-corrected chi connectivity index (χ0v) is 11.3. The summed E-state index contributed by atoms with van der Waals surface area (Å²) in [7, 11) is -2.92. The molecule has 0 saturated heterocycles. The van der Waals surface area contributed by atoms with Crippen LogP contribution >= 0.6 is 0 Å². The van der Waals surface area contributed by atoms with Gasteiger partial charge in [0.15, 0.2) is 9.84 Å². The summed E-state index contributed by atoms with van der Waals surface area (Å²) in [6.45, 7) is 6.89. The molecule has 0 amide bonds. The maximum Gasteiger partial charge on any atom is 0.156 e. The van der Waals surface area contributed by atoms with Gasteiger partial charge in [0.25, 0.3) is 0 Å². The lowest BCUT2D eigenvalue weighted by atomic mass is 10.1. The molecular formula is C11H19N3O2S. The number of fused-ring (bicyclic) bond motifs is 1. The van der Waals surface area contributed by atoms with Gasteiger partial charge >= 0.3 is 0 Å². The first kappa shape index (κ1) is 12.6. The molecule has 0 saturated carbocycles. The van der Waals surface area contributed by atoms with Crippen molar-refractivity contribution in [2.75, 3.05) is 5.75 Å². The van der Waals surface area contributed by atoms with Gasteiger partial charge in [-0.2, -0.15) is 0 Å². The van der Waals surface area contributed by atoms with E-state index in [1.165, 1.54) is 0 Å². The molecule has 2 rings (SSSR count). The Balaban J connectivity index is 2.11. The fourth-order valence-electron chi connectivity index (χ4n) is 1.81. The summed E-state index contributed by atoms with van der Waals surface area (Å²) < 4.78 is 23.0. The molecule has 96 valence electrons. The van der Waals surface area contributed by atoms with Crippen molar-refractivity contribution in [2.45, 2.75) is 45.0 Å². The van der Waals surface area contributed by atoms with Gasteiger partial charge in [0.1, 0.15) is 5.82 Å². The van der Waals surface area contributed by atoms with Gasteiger partial charge in [-0.25, -0.2) is 13.4 Å². The number of rotatable bonds is 2. The average Bonchev–Trinajstić information content (AvgIpc) is 2.54. The van der Waals surface area contributed by atoms with Crippen molar-refractivity contribution in [2.24, 2.45) is 0 Å². The summed E-state index contributed by atoms with van der Waals surface area (Å²) >= 11 is 0. The zero-order chi connectivity index (χ0) is 12.7. The summed E-state index contributed by atoms with van der Waals surface area (Å²) in [6, 6.07) is 0. The van der Waals surface area contributed by atoms with Crippen LogP contribution < -0.4 is 5.32 Å². The second-order valence-electron chi connectivity index (χ2n) is 5.55. The van der Waals surface area contributed by atoms with Crippen LogP contribution in [0.5, 0.6) is 0 Å². The molecule has 6 heteroatoms. The first-order valence-corrected chi connectivity index (χ1v) is 7.59. The van der Waals surface area contributed by atoms with Crippen molar-refractivity contribution >= 4 is 9.84 Å². The molecule has 0 aromatic carbocycles. The number of nitrogens with zero attached hydrogens (tertiary/aromatic N) is 1. The summed E-state index contributed by atoms with van der Waals surface area (Å²) in [5.41, 5.74) is 1.70. The largest absolute Gasteiger partial charge is 0.344 e. The predicted molar refractivity (Wildman–Crippen MR) is 66.4 cm³/mol. The highest BCUT2D eigenvalue weighted by Crippen LogP contribution is 2.18. The highest BCUT2D eigenvalue weighted by Gasteiger charge is 2.24. The average molecular weight is 257 g/mol. The highest BCUT2D eigenvalue weighted by molar-refractivity contribution is 7.90. The molecular weight excluding hydrogens is 238 g/mol. The lowest BCUT2D eigenvalue weighted by molar-refractivity contribution is 0.418. The fraction of sp³-hybridized carbons (Fsp3) is 0.727. The minimum atomic E-state index is -2.92. The molecule has 0 bridgehead atoms. The highest BCUT2D eigenvalue weighted by atomic mass is 32.2. The minimum absolute atomic E-state index is 0.0272. The van der Waals surface area contributed by atoms with Crippen molar-refractivity contribution in [3.05, 3.63) is 17.2 Å². The van der Waals surface area contributed by atoms with Crippen molar-refractivity contribution in [1.29, 1.82) is 0 Å². The molecule has 1 aromatic heterocycles. The Morgan fingerprint density at radius 2 is 2.12 bits per heavy atom. The van der Waals surface area contributed by atoms with Crippen molar-refractivity contribution in [3.8, 4) is 0 Å². The van der Waals surface area contributed by atoms with Crippen LogP contribution in [0, 0.1) is 0 Å². The molecule has 0 atom stereocenters. The SMILES string of the molecule is CC(C)(C)NCc1nc2c([nH]1)CS(=O)(=O)CC2. The third-order valence-corrected chi connectivity index (χ3v) is 4.27. The molecule has 0 radical (unpaired) electrons. The maximum absolute atomic E-state index is 11.5. The van der Waals surface area contributed by atoms with Crippen molar-refractivity contribution in [3.63, 3.8) is 0 Å². The van der Waals surface area contributed by atoms with E-state index in [-0.39, 0.29) is 17.0 Å². The zero-order valence-electron chi connectivity index (χ0n) is 10.5. The molecule has 2 heterocycles. The molecule has 1 aliphatic rings. The Morgan fingerprint density at radius 3 is 2.76 bits per heavy atom. The van der Waals surface area contributed by atoms with Crippen LogP contribution in [0.2, 0.25) is 0 Å². The predicted octanol–water partition coefficient (Wildman–Crippen LogP) is 0.769. The minimum Gasteiger partial charge on any atom is -0.344 e.